The van der Waals surface area contributed by atoms with E-state index in [1.54, 1.807) is 0 Å². The molecule has 23 heavy (non-hydrogen) atoms. The van der Waals surface area contributed by atoms with Gasteiger partial charge in [-0.1, -0.05) is 48.0 Å². The molecule has 1 aromatic heterocycles. The second kappa shape index (κ2) is 5.48. The molecule has 1 aliphatic rings. The fourth-order valence-electron chi connectivity index (χ4n) is 2.77. The number of nitrogens with zero attached hydrogens (tertiary/aromatic N) is 2. The minimum absolute atomic E-state index is 0.00223. The van der Waals surface area contributed by atoms with Crippen molar-refractivity contribution in [1.82, 2.24) is 9.97 Å². The van der Waals surface area contributed by atoms with Gasteiger partial charge in [-0.2, -0.15) is 0 Å². The molecule has 3 aromatic rings. The molecule has 0 spiro atoms. The van der Waals surface area contributed by atoms with Crippen LogP contribution in [0.1, 0.15) is 15.9 Å². The molecule has 2 aromatic carbocycles. The SMILES string of the molecule is CSc1nc(-c2cccc(Cl)c2)nc2c1C(=O)c1ccccc1-2. The van der Waals surface area contributed by atoms with E-state index < -0.39 is 0 Å². The number of fused-ring (bicyclic) bond motifs is 3. The van der Waals surface area contributed by atoms with Gasteiger partial charge in [0.15, 0.2) is 11.6 Å². The lowest BCUT2D eigenvalue weighted by molar-refractivity contribution is 0.104. The highest BCUT2D eigenvalue weighted by atomic mass is 35.5. The number of thioether (sulfide) groups is 1. The van der Waals surface area contributed by atoms with Gasteiger partial charge >= 0.3 is 0 Å². The van der Waals surface area contributed by atoms with Crippen molar-refractivity contribution in [1.29, 1.82) is 0 Å². The van der Waals surface area contributed by atoms with Crippen LogP contribution in [-0.2, 0) is 0 Å². The highest BCUT2D eigenvalue weighted by Gasteiger charge is 2.31. The lowest BCUT2D eigenvalue weighted by Crippen LogP contribution is -2.02. The van der Waals surface area contributed by atoms with E-state index in [4.69, 9.17) is 11.6 Å². The maximum atomic E-state index is 12.7. The number of benzene rings is 2. The van der Waals surface area contributed by atoms with E-state index in [1.165, 1.54) is 11.8 Å². The van der Waals surface area contributed by atoms with Crippen LogP contribution in [0.15, 0.2) is 53.6 Å². The Kier molecular flexibility index (Phi) is 3.43. The molecule has 0 aliphatic heterocycles. The van der Waals surface area contributed by atoms with E-state index in [2.05, 4.69) is 9.97 Å². The van der Waals surface area contributed by atoms with Gasteiger partial charge in [0.2, 0.25) is 0 Å². The Labute approximate surface area is 142 Å². The summed E-state index contributed by atoms with van der Waals surface area (Å²) in [6, 6.07) is 15.0. The largest absolute Gasteiger partial charge is 0.288 e. The molecule has 4 rings (SSSR count). The van der Waals surface area contributed by atoms with Gasteiger partial charge in [-0.05, 0) is 18.4 Å². The van der Waals surface area contributed by atoms with Crippen molar-refractivity contribution in [3.8, 4) is 22.6 Å². The van der Waals surface area contributed by atoms with Crippen LogP contribution in [0.2, 0.25) is 5.02 Å². The monoisotopic (exact) mass is 338 g/mol. The summed E-state index contributed by atoms with van der Waals surface area (Å²) in [4.78, 5) is 21.9. The summed E-state index contributed by atoms with van der Waals surface area (Å²) >= 11 is 7.53. The van der Waals surface area contributed by atoms with Crippen LogP contribution in [0.25, 0.3) is 22.6 Å². The molecule has 0 saturated heterocycles. The first-order valence-electron chi connectivity index (χ1n) is 7.05. The van der Waals surface area contributed by atoms with Crippen molar-refractivity contribution >= 4 is 29.1 Å². The quantitative estimate of drug-likeness (QED) is 0.391. The summed E-state index contributed by atoms with van der Waals surface area (Å²) in [6.07, 6.45) is 1.92. The van der Waals surface area contributed by atoms with Gasteiger partial charge in [-0.3, -0.25) is 4.79 Å². The zero-order chi connectivity index (χ0) is 16.0. The van der Waals surface area contributed by atoms with E-state index in [0.29, 0.717) is 32.7 Å². The Morgan fingerprint density at radius 3 is 2.52 bits per heavy atom. The number of carbonyl (C=O) groups excluding carboxylic acids is 1. The van der Waals surface area contributed by atoms with Crippen LogP contribution in [-0.4, -0.2) is 22.0 Å². The zero-order valence-electron chi connectivity index (χ0n) is 12.2. The molecule has 0 N–H and O–H groups in total. The third-order valence-corrected chi connectivity index (χ3v) is 4.72. The standard InChI is InChI=1S/C18H11ClN2OS/c1-23-18-14-15(12-7-2-3-8-13(12)16(14)22)20-17(21-18)10-5-4-6-11(19)9-10/h2-9H,1H3. The summed E-state index contributed by atoms with van der Waals surface area (Å²) in [5, 5.41) is 1.33. The third-order valence-electron chi connectivity index (χ3n) is 3.81. The molecule has 112 valence electrons. The summed E-state index contributed by atoms with van der Waals surface area (Å²) in [6.45, 7) is 0. The molecular weight excluding hydrogens is 328 g/mol. The van der Waals surface area contributed by atoms with Crippen molar-refractivity contribution in [2.75, 3.05) is 6.26 Å². The third kappa shape index (κ3) is 2.26. The van der Waals surface area contributed by atoms with Crippen LogP contribution in [0.3, 0.4) is 0 Å². The predicted molar refractivity (Wildman–Crippen MR) is 93.1 cm³/mol. The molecule has 0 atom stereocenters. The van der Waals surface area contributed by atoms with Crippen LogP contribution < -0.4 is 0 Å². The molecule has 3 nitrogen and oxygen atoms in total. The number of aromatic nitrogens is 2. The van der Waals surface area contributed by atoms with Crippen LogP contribution in [0, 0.1) is 0 Å². The number of hydrogen-bond acceptors (Lipinski definition) is 4. The number of rotatable bonds is 2. The molecule has 0 fully saturated rings. The zero-order valence-corrected chi connectivity index (χ0v) is 13.8. The molecule has 0 saturated carbocycles. The molecular formula is C18H11ClN2OS. The Balaban J connectivity index is 2.00. The van der Waals surface area contributed by atoms with E-state index in [-0.39, 0.29) is 5.78 Å². The van der Waals surface area contributed by atoms with Crippen molar-refractivity contribution in [2.24, 2.45) is 0 Å². The number of ketones is 1. The smallest absolute Gasteiger partial charge is 0.198 e. The molecule has 1 heterocycles. The second-order valence-corrected chi connectivity index (χ2v) is 6.40. The minimum Gasteiger partial charge on any atom is -0.288 e. The lowest BCUT2D eigenvalue weighted by atomic mass is 10.1. The Hall–Kier alpha value is -2.17. The van der Waals surface area contributed by atoms with Gasteiger partial charge in [-0.15, -0.1) is 11.8 Å². The molecule has 0 amide bonds. The number of halogens is 1. The van der Waals surface area contributed by atoms with Gasteiger partial charge in [0, 0.05) is 21.7 Å². The Morgan fingerprint density at radius 2 is 1.78 bits per heavy atom. The fourth-order valence-corrected chi connectivity index (χ4v) is 3.53. The summed E-state index contributed by atoms with van der Waals surface area (Å²) in [5.41, 5.74) is 3.71. The maximum Gasteiger partial charge on any atom is 0.198 e. The first-order valence-corrected chi connectivity index (χ1v) is 8.65. The average molecular weight is 339 g/mol. The Bertz CT molecular complexity index is 956. The van der Waals surface area contributed by atoms with Gasteiger partial charge in [0.1, 0.15) is 5.03 Å². The Morgan fingerprint density at radius 1 is 1.00 bits per heavy atom. The average Bonchev–Trinajstić information content (AvgIpc) is 2.87. The van der Waals surface area contributed by atoms with Gasteiger partial charge in [-0.25, -0.2) is 9.97 Å². The van der Waals surface area contributed by atoms with Crippen LogP contribution in [0.5, 0.6) is 0 Å². The molecule has 0 radical (unpaired) electrons. The first kappa shape index (κ1) is 14.4. The van der Waals surface area contributed by atoms with Crippen molar-refractivity contribution in [3.05, 3.63) is 64.7 Å². The second-order valence-electron chi connectivity index (χ2n) is 5.17. The summed E-state index contributed by atoms with van der Waals surface area (Å²) in [5.74, 6) is 0.581. The van der Waals surface area contributed by atoms with Crippen molar-refractivity contribution in [3.63, 3.8) is 0 Å². The first-order chi connectivity index (χ1) is 11.2. The molecule has 5 heteroatoms. The van der Waals surface area contributed by atoms with E-state index >= 15 is 0 Å². The molecule has 0 unspecified atom stereocenters. The van der Waals surface area contributed by atoms with Crippen molar-refractivity contribution in [2.45, 2.75) is 5.03 Å². The van der Waals surface area contributed by atoms with E-state index in [9.17, 15) is 4.79 Å². The van der Waals surface area contributed by atoms with Gasteiger partial charge in [0.05, 0.1) is 11.3 Å². The van der Waals surface area contributed by atoms with Crippen LogP contribution in [0.4, 0.5) is 0 Å². The predicted octanol–water partition coefficient (Wildman–Crippen LogP) is 4.73. The van der Waals surface area contributed by atoms with Crippen LogP contribution >= 0.6 is 23.4 Å². The van der Waals surface area contributed by atoms with Crippen molar-refractivity contribution < 1.29 is 4.79 Å². The normalized spacial score (nSPS) is 12.2. The fraction of sp³-hybridized carbons (Fsp3) is 0.0556. The number of carbonyl (C=O) groups is 1. The highest BCUT2D eigenvalue weighted by Crippen LogP contribution is 2.40. The lowest BCUT2D eigenvalue weighted by Gasteiger charge is -2.08. The summed E-state index contributed by atoms with van der Waals surface area (Å²) < 4.78 is 0. The molecule has 1 aliphatic carbocycles. The maximum absolute atomic E-state index is 12.7. The minimum atomic E-state index is -0.00223. The van der Waals surface area contributed by atoms with E-state index in [0.717, 1.165) is 11.1 Å². The van der Waals surface area contributed by atoms with Gasteiger partial charge < -0.3 is 0 Å². The molecule has 0 bridgehead atoms. The number of hydrogen-bond donors (Lipinski definition) is 0. The van der Waals surface area contributed by atoms with E-state index in [1.807, 2.05) is 54.8 Å². The highest BCUT2D eigenvalue weighted by molar-refractivity contribution is 7.98. The van der Waals surface area contributed by atoms with Gasteiger partial charge in [0.25, 0.3) is 0 Å². The summed E-state index contributed by atoms with van der Waals surface area (Å²) in [7, 11) is 0. The topological polar surface area (TPSA) is 42.9 Å².